The molecule has 17 heavy (non-hydrogen) atoms. The van der Waals surface area contributed by atoms with Gasteiger partial charge in [0.2, 0.25) is 0 Å². The predicted molar refractivity (Wildman–Crippen MR) is 70.9 cm³/mol. The van der Waals surface area contributed by atoms with E-state index in [4.69, 9.17) is 5.73 Å². The number of nitrogens with two attached hydrogens (primary N) is 1. The van der Waals surface area contributed by atoms with Crippen LogP contribution in [0.25, 0.3) is 10.8 Å². The van der Waals surface area contributed by atoms with Crippen molar-refractivity contribution in [2.75, 3.05) is 0 Å². The lowest BCUT2D eigenvalue weighted by atomic mass is 9.86. The molecule has 1 heterocycles. The number of pyridine rings is 1. The van der Waals surface area contributed by atoms with Gasteiger partial charge in [-0.15, -0.1) is 0 Å². The topological polar surface area (TPSA) is 38.9 Å². The van der Waals surface area contributed by atoms with Crippen molar-refractivity contribution in [1.29, 1.82) is 0 Å². The first kappa shape index (κ1) is 10.7. The summed E-state index contributed by atoms with van der Waals surface area (Å²) in [6, 6.07) is 9.00. The predicted octanol–water partition coefficient (Wildman–Crippen LogP) is 3.08. The van der Waals surface area contributed by atoms with Crippen molar-refractivity contribution in [2.24, 2.45) is 11.7 Å². The van der Waals surface area contributed by atoms with E-state index in [0.717, 1.165) is 6.42 Å². The van der Waals surface area contributed by atoms with Gasteiger partial charge < -0.3 is 5.73 Å². The summed E-state index contributed by atoms with van der Waals surface area (Å²) in [7, 11) is 0. The van der Waals surface area contributed by atoms with Crippen LogP contribution in [0, 0.1) is 5.92 Å². The van der Waals surface area contributed by atoms with Crippen molar-refractivity contribution in [1.82, 2.24) is 4.98 Å². The number of hydrogen-bond donors (Lipinski definition) is 1. The maximum Gasteiger partial charge on any atom is 0.0346 e. The molecular weight excluding hydrogens is 208 g/mol. The fraction of sp³-hybridized carbons (Fsp3) is 0.400. The summed E-state index contributed by atoms with van der Waals surface area (Å²) in [5.41, 5.74) is 7.59. The van der Waals surface area contributed by atoms with Crippen LogP contribution >= 0.6 is 0 Å². The van der Waals surface area contributed by atoms with Gasteiger partial charge in [0.15, 0.2) is 0 Å². The molecule has 1 aliphatic carbocycles. The average Bonchev–Trinajstić information content (AvgIpc) is 2.69. The van der Waals surface area contributed by atoms with E-state index in [2.05, 4.69) is 36.2 Å². The van der Waals surface area contributed by atoms with E-state index in [1.54, 1.807) is 0 Å². The molecule has 0 spiro atoms. The monoisotopic (exact) mass is 226 g/mol. The quantitative estimate of drug-likeness (QED) is 0.811. The fourth-order valence-corrected chi connectivity index (χ4v) is 3.11. The number of hydrogen-bond acceptors (Lipinski definition) is 2. The summed E-state index contributed by atoms with van der Waals surface area (Å²) in [4.78, 5) is 4.19. The first-order valence-electron chi connectivity index (χ1n) is 6.35. The summed E-state index contributed by atoms with van der Waals surface area (Å²) in [6.07, 6.45) is 6.18. The van der Waals surface area contributed by atoms with Gasteiger partial charge in [0.05, 0.1) is 0 Å². The molecule has 1 aliphatic rings. The van der Waals surface area contributed by atoms with Crippen LogP contribution in [0.3, 0.4) is 0 Å². The second-order valence-electron chi connectivity index (χ2n) is 5.15. The molecule has 0 radical (unpaired) electrons. The molecule has 0 bridgehead atoms. The maximum absolute atomic E-state index is 6.14. The Morgan fingerprint density at radius 1 is 1.24 bits per heavy atom. The number of nitrogens with zero attached hydrogens (tertiary/aromatic N) is 1. The summed E-state index contributed by atoms with van der Waals surface area (Å²) >= 11 is 0. The molecule has 88 valence electrons. The Labute approximate surface area is 102 Å². The molecule has 2 heteroatoms. The molecule has 1 aromatic heterocycles. The second-order valence-corrected chi connectivity index (χ2v) is 5.15. The first-order chi connectivity index (χ1) is 8.27. The minimum atomic E-state index is 0.358. The van der Waals surface area contributed by atoms with Gasteiger partial charge in [-0.25, -0.2) is 0 Å². The van der Waals surface area contributed by atoms with E-state index in [9.17, 15) is 0 Å². The summed E-state index contributed by atoms with van der Waals surface area (Å²) in [5.74, 6) is 1.19. The third kappa shape index (κ3) is 1.73. The SMILES string of the molecule is CC1C(N)CCC1c1cccc2cnccc12. The lowest BCUT2D eigenvalue weighted by Crippen LogP contribution is -2.24. The van der Waals surface area contributed by atoms with Gasteiger partial charge in [0, 0.05) is 23.8 Å². The Morgan fingerprint density at radius 2 is 2.12 bits per heavy atom. The van der Waals surface area contributed by atoms with Gasteiger partial charge in [0.1, 0.15) is 0 Å². The summed E-state index contributed by atoms with van der Waals surface area (Å²) in [6.45, 7) is 2.28. The average molecular weight is 226 g/mol. The molecule has 3 unspecified atom stereocenters. The van der Waals surface area contributed by atoms with E-state index in [1.165, 1.54) is 22.8 Å². The minimum Gasteiger partial charge on any atom is -0.327 e. The lowest BCUT2D eigenvalue weighted by molar-refractivity contribution is 0.481. The van der Waals surface area contributed by atoms with Crippen molar-refractivity contribution in [3.05, 3.63) is 42.2 Å². The minimum absolute atomic E-state index is 0.358. The number of aromatic nitrogens is 1. The van der Waals surface area contributed by atoms with E-state index < -0.39 is 0 Å². The standard InChI is InChI=1S/C15H18N2/c1-10-12(5-6-15(10)16)14-4-2-3-11-9-17-8-7-13(11)14/h2-4,7-10,12,15H,5-6,16H2,1H3. The van der Waals surface area contributed by atoms with E-state index >= 15 is 0 Å². The van der Waals surface area contributed by atoms with Crippen molar-refractivity contribution < 1.29 is 0 Å². The van der Waals surface area contributed by atoms with Crippen molar-refractivity contribution in [3.8, 4) is 0 Å². The van der Waals surface area contributed by atoms with Crippen LogP contribution in [0.4, 0.5) is 0 Å². The fourth-order valence-electron chi connectivity index (χ4n) is 3.11. The largest absolute Gasteiger partial charge is 0.327 e. The van der Waals surface area contributed by atoms with Crippen molar-refractivity contribution >= 4 is 10.8 Å². The van der Waals surface area contributed by atoms with Gasteiger partial charge in [-0.2, -0.15) is 0 Å². The van der Waals surface area contributed by atoms with Crippen molar-refractivity contribution in [2.45, 2.75) is 31.7 Å². The Bertz CT molecular complexity index is 530. The number of rotatable bonds is 1. The summed E-state index contributed by atoms with van der Waals surface area (Å²) in [5, 5.41) is 2.58. The molecule has 2 aromatic rings. The number of benzene rings is 1. The Balaban J connectivity index is 2.11. The molecule has 0 aliphatic heterocycles. The van der Waals surface area contributed by atoms with E-state index in [1.807, 2.05) is 12.4 Å². The molecular formula is C15H18N2. The van der Waals surface area contributed by atoms with Crippen LogP contribution in [0.1, 0.15) is 31.2 Å². The maximum atomic E-state index is 6.14. The highest BCUT2D eigenvalue weighted by Crippen LogP contribution is 2.41. The Hall–Kier alpha value is -1.41. The highest BCUT2D eigenvalue weighted by atomic mass is 14.7. The molecule has 2 N–H and O–H groups in total. The van der Waals surface area contributed by atoms with E-state index in [0.29, 0.717) is 17.9 Å². The number of fused-ring (bicyclic) bond motifs is 1. The van der Waals surface area contributed by atoms with Crippen molar-refractivity contribution in [3.63, 3.8) is 0 Å². The molecule has 3 atom stereocenters. The lowest BCUT2D eigenvalue weighted by Gasteiger charge is -2.20. The molecule has 2 nitrogen and oxygen atoms in total. The van der Waals surface area contributed by atoms with Crippen LogP contribution in [0.5, 0.6) is 0 Å². The molecule has 1 aromatic carbocycles. The van der Waals surface area contributed by atoms with Crippen LogP contribution in [0.15, 0.2) is 36.7 Å². The zero-order valence-electron chi connectivity index (χ0n) is 10.1. The molecule has 3 rings (SSSR count). The Morgan fingerprint density at radius 3 is 2.88 bits per heavy atom. The zero-order valence-corrected chi connectivity index (χ0v) is 10.1. The van der Waals surface area contributed by atoms with Crippen LogP contribution in [0.2, 0.25) is 0 Å². The molecule has 0 saturated heterocycles. The third-order valence-corrected chi connectivity index (χ3v) is 4.23. The molecule has 1 fully saturated rings. The van der Waals surface area contributed by atoms with Gasteiger partial charge in [-0.05, 0) is 41.7 Å². The van der Waals surface area contributed by atoms with Gasteiger partial charge in [-0.3, -0.25) is 4.98 Å². The third-order valence-electron chi connectivity index (χ3n) is 4.23. The van der Waals surface area contributed by atoms with Gasteiger partial charge >= 0.3 is 0 Å². The summed E-state index contributed by atoms with van der Waals surface area (Å²) < 4.78 is 0. The van der Waals surface area contributed by atoms with Crippen LogP contribution in [-0.2, 0) is 0 Å². The highest BCUT2D eigenvalue weighted by Gasteiger charge is 2.31. The van der Waals surface area contributed by atoms with Crippen LogP contribution in [-0.4, -0.2) is 11.0 Å². The smallest absolute Gasteiger partial charge is 0.0346 e. The van der Waals surface area contributed by atoms with Crippen LogP contribution < -0.4 is 5.73 Å². The van der Waals surface area contributed by atoms with Gasteiger partial charge in [0.25, 0.3) is 0 Å². The van der Waals surface area contributed by atoms with Gasteiger partial charge in [-0.1, -0.05) is 25.1 Å². The highest BCUT2D eigenvalue weighted by molar-refractivity contribution is 5.85. The molecule has 1 saturated carbocycles. The molecule has 0 amide bonds. The second kappa shape index (κ2) is 4.11. The Kier molecular flexibility index (Phi) is 2.60. The first-order valence-corrected chi connectivity index (χ1v) is 6.35. The normalized spacial score (nSPS) is 28.7. The zero-order chi connectivity index (χ0) is 11.8. The van der Waals surface area contributed by atoms with E-state index in [-0.39, 0.29) is 0 Å².